The van der Waals surface area contributed by atoms with Crippen molar-refractivity contribution in [3.8, 4) is 10.6 Å². The number of benzene rings is 1. The second-order valence-corrected chi connectivity index (χ2v) is 6.31. The van der Waals surface area contributed by atoms with Gasteiger partial charge in [-0.15, -0.1) is 11.3 Å². The molecule has 3 rings (SSSR count). The first-order valence-corrected chi connectivity index (χ1v) is 8.62. The molecule has 2 amide bonds. The predicted molar refractivity (Wildman–Crippen MR) is 97.5 cm³/mol. The number of amides is 2. The Balaban J connectivity index is 1.47. The first-order chi connectivity index (χ1) is 11.7. The zero-order valence-electron chi connectivity index (χ0n) is 12.7. The molecule has 3 aromatic rings. The number of urea groups is 1. The molecule has 0 aliphatic rings. The van der Waals surface area contributed by atoms with Crippen LogP contribution in [0.2, 0.25) is 5.02 Å². The summed E-state index contributed by atoms with van der Waals surface area (Å²) >= 11 is 7.39. The number of aromatic nitrogens is 2. The zero-order valence-corrected chi connectivity index (χ0v) is 14.3. The van der Waals surface area contributed by atoms with Crippen LogP contribution in [0.3, 0.4) is 0 Å². The molecule has 5 nitrogen and oxygen atoms in total. The maximum atomic E-state index is 11.8. The molecule has 1 aromatic carbocycles. The molecule has 0 atom stereocenters. The third-order valence-corrected chi connectivity index (χ3v) is 4.44. The van der Waals surface area contributed by atoms with Crippen LogP contribution in [0.15, 0.2) is 54.2 Å². The van der Waals surface area contributed by atoms with Gasteiger partial charge in [0.1, 0.15) is 5.01 Å². The summed E-state index contributed by atoms with van der Waals surface area (Å²) in [6.07, 6.45) is 4.17. The number of rotatable bonds is 5. The summed E-state index contributed by atoms with van der Waals surface area (Å²) in [6, 6.07) is 10.6. The van der Waals surface area contributed by atoms with Crippen LogP contribution in [0.25, 0.3) is 10.6 Å². The number of halogens is 1. The van der Waals surface area contributed by atoms with Crippen LogP contribution in [-0.2, 0) is 6.42 Å². The Labute approximate surface area is 148 Å². The minimum Gasteiger partial charge on any atom is -0.337 e. The van der Waals surface area contributed by atoms with Crippen molar-refractivity contribution in [2.45, 2.75) is 6.42 Å². The Hall–Kier alpha value is -2.44. The van der Waals surface area contributed by atoms with Crippen molar-refractivity contribution in [1.82, 2.24) is 15.3 Å². The summed E-state index contributed by atoms with van der Waals surface area (Å²) in [6.45, 7) is 0.513. The van der Waals surface area contributed by atoms with Crippen LogP contribution in [-0.4, -0.2) is 22.5 Å². The van der Waals surface area contributed by atoms with Gasteiger partial charge in [-0.2, -0.15) is 0 Å². The fraction of sp³-hybridized carbons (Fsp3) is 0.118. The molecule has 2 N–H and O–H groups in total. The van der Waals surface area contributed by atoms with E-state index in [9.17, 15) is 4.79 Å². The van der Waals surface area contributed by atoms with E-state index >= 15 is 0 Å². The lowest BCUT2D eigenvalue weighted by atomic mass is 10.3. The summed E-state index contributed by atoms with van der Waals surface area (Å²) in [4.78, 5) is 20.4. The highest BCUT2D eigenvalue weighted by atomic mass is 35.5. The van der Waals surface area contributed by atoms with Crippen LogP contribution >= 0.6 is 22.9 Å². The monoisotopic (exact) mass is 358 g/mol. The highest BCUT2D eigenvalue weighted by Gasteiger charge is 2.06. The third kappa shape index (κ3) is 4.53. The second-order valence-electron chi connectivity index (χ2n) is 5.02. The van der Waals surface area contributed by atoms with E-state index in [0.29, 0.717) is 23.7 Å². The van der Waals surface area contributed by atoms with E-state index in [1.807, 2.05) is 17.5 Å². The Morgan fingerprint density at radius 1 is 1.12 bits per heavy atom. The van der Waals surface area contributed by atoms with Gasteiger partial charge in [0.2, 0.25) is 0 Å². The van der Waals surface area contributed by atoms with E-state index in [2.05, 4.69) is 20.6 Å². The number of carbonyl (C=O) groups excluding carboxylic acids is 1. The van der Waals surface area contributed by atoms with Gasteiger partial charge in [0.15, 0.2) is 0 Å². The number of nitrogens with one attached hydrogen (secondary N) is 2. The van der Waals surface area contributed by atoms with E-state index in [1.165, 1.54) is 0 Å². The average molecular weight is 359 g/mol. The molecule has 0 saturated carbocycles. The summed E-state index contributed by atoms with van der Waals surface area (Å²) in [5.41, 5.74) is 2.71. The highest BCUT2D eigenvalue weighted by Crippen LogP contribution is 2.22. The summed E-state index contributed by atoms with van der Waals surface area (Å²) < 4.78 is 0. The SMILES string of the molecule is O=C(NCCc1csc(-c2ccncc2)n1)Nc1ccc(Cl)cc1. The minimum atomic E-state index is -0.248. The summed E-state index contributed by atoms with van der Waals surface area (Å²) in [5.74, 6) is 0. The van der Waals surface area contributed by atoms with Gasteiger partial charge in [-0.05, 0) is 36.4 Å². The van der Waals surface area contributed by atoms with Gasteiger partial charge in [-0.1, -0.05) is 11.6 Å². The second kappa shape index (κ2) is 7.90. The molecule has 0 bridgehead atoms. The quantitative estimate of drug-likeness (QED) is 0.717. The van der Waals surface area contributed by atoms with E-state index in [-0.39, 0.29) is 6.03 Å². The highest BCUT2D eigenvalue weighted by molar-refractivity contribution is 7.13. The zero-order chi connectivity index (χ0) is 16.8. The molecule has 0 unspecified atom stereocenters. The van der Waals surface area contributed by atoms with Gasteiger partial charge in [0, 0.05) is 47.0 Å². The lowest BCUT2D eigenvalue weighted by Crippen LogP contribution is -2.30. The number of anilines is 1. The topological polar surface area (TPSA) is 66.9 Å². The normalized spacial score (nSPS) is 10.4. The molecule has 122 valence electrons. The van der Waals surface area contributed by atoms with Gasteiger partial charge in [0.25, 0.3) is 0 Å². The van der Waals surface area contributed by atoms with Crippen LogP contribution in [0.1, 0.15) is 5.69 Å². The molecule has 24 heavy (non-hydrogen) atoms. The van der Waals surface area contributed by atoms with Crippen molar-refractivity contribution in [2.24, 2.45) is 0 Å². The van der Waals surface area contributed by atoms with Gasteiger partial charge >= 0.3 is 6.03 Å². The van der Waals surface area contributed by atoms with E-state index in [4.69, 9.17) is 11.6 Å². The minimum absolute atomic E-state index is 0.248. The molecule has 0 saturated heterocycles. The maximum absolute atomic E-state index is 11.8. The van der Waals surface area contributed by atoms with Gasteiger partial charge < -0.3 is 10.6 Å². The molecule has 0 radical (unpaired) electrons. The number of hydrogen-bond donors (Lipinski definition) is 2. The lowest BCUT2D eigenvalue weighted by molar-refractivity contribution is 0.252. The molecule has 0 fully saturated rings. The standard InChI is InChI=1S/C17H15ClN4OS/c18-13-1-3-14(4-2-13)22-17(23)20-10-7-15-11-24-16(21-15)12-5-8-19-9-6-12/h1-6,8-9,11H,7,10H2,(H2,20,22,23). The molecule has 0 spiro atoms. The van der Waals surface area contributed by atoms with Crippen LogP contribution in [0.5, 0.6) is 0 Å². The van der Waals surface area contributed by atoms with E-state index in [1.54, 1.807) is 48.0 Å². The third-order valence-electron chi connectivity index (χ3n) is 3.25. The van der Waals surface area contributed by atoms with E-state index < -0.39 is 0 Å². The average Bonchev–Trinajstić information content (AvgIpc) is 3.07. The van der Waals surface area contributed by atoms with Gasteiger partial charge in [-0.3, -0.25) is 4.98 Å². The van der Waals surface area contributed by atoms with E-state index in [0.717, 1.165) is 16.3 Å². The van der Waals surface area contributed by atoms with Gasteiger partial charge in [0.05, 0.1) is 5.69 Å². The maximum Gasteiger partial charge on any atom is 0.319 e. The Morgan fingerprint density at radius 3 is 2.62 bits per heavy atom. The van der Waals surface area contributed by atoms with Crippen LogP contribution < -0.4 is 10.6 Å². The lowest BCUT2D eigenvalue weighted by Gasteiger charge is -2.06. The first kappa shape index (κ1) is 16.4. The number of nitrogens with zero attached hydrogens (tertiary/aromatic N) is 2. The summed E-state index contributed by atoms with van der Waals surface area (Å²) in [5, 5.41) is 9.17. The fourth-order valence-electron chi connectivity index (χ4n) is 2.06. The van der Waals surface area contributed by atoms with Crippen molar-refractivity contribution >= 4 is 34.7 Å². The fourth-order valence-corrected chi connectivity index (χ4v) is 3.05. The molecule has 0 aliphatic heterocycles. The molecule has 2 heterocycles. The van der Waals surface area contributed by atoms with Crippen molar-refractivity contribution in [3.05, 3.63) is 64.9 Å². The van der Waals surface area contributed by atoms with Crippen molar-refractivity contribution < 1.29 is 4.79 Å². The smallest absolute Gasteiger partial charge is 0.319 e. The molecular weight excluding hydrogens is 344 g/mol. The number of hydrogen-bond acceptors (Lipinski definition) is 4. The number of thiazole rings is 1. The van der Waals surface area contributed by atoms with Crippen molar-refractivity contribution in [1.29, 1.82) is 0 Å². The Kier molecular flexibility index (Phi) is 5.40. The number of pyridine rings is 1. The Morgan fingerprint density at radius 2 is 1.88 bits per heavy atom. The molecular formula is C17H15ClN4OS. The Bertz CT molecular complexity index is 805. The molecule has 0 aliphatic carbocycles. The van der Waals surface area contributed by atoms with Crippen LogP contribution in [0, 0.1) is 0 Å². The number of carbonyl (C=O) groups is 1. The molecule has 2 aromatic heterocycles. The largest absolute Gasteiger partial charge is 0.337 e. The first-order valence-electron chi connectivity index (χ1n) is 7.36. The van der Waals surface area contributed by atoms with Crippen molar-refractivity contribution in [2.75, 3.05) is 11.9 Å². The van der Waals surface area contributed by atoms with Crippen LogP contribution in [0.4, 0.5) is 10.5 Å². The summed E-state index contributed by atoms with van der Waals surface area (Å²) in [7, 11) is 0. The van der Waals surface area contributed by atoms with Gasteiger partial charge in [-0.25, -0.2) is 9.78 Å². The molecule has 7 heteroatoms. The predicted octanol–water partition coefficient (Wildman–Crippen LogP) is 4.22. The van der Waals surface area contributed by atoms with Crippen molar-refractivity contribution in [3.63, 3.8) is 0 Å².